The van der Waals surface area contributed by atoms with Gasteiger partial charge in [-0.05, 0) is 56.7 Å². The molecule has 0 unspecified atom stereocenters. The van der Waals surface area contributed by atoms with Crippen LogP contribution in [0.3, 0.4) is 0 Å². The van der Waals surface area contributed by atoms with Gasteiger partial charge in [-0.2, -0.15) is 4.98 Å². The summed E-state index contributed by atoms with van der Waals surface area (Å²) in [5.74, 6) is 0.468. The van der Waals surface area contributed by atoms with Crippen LogP contribution in [0.4, 0.5) is 17.2 Å². The average molecular weight is 412 g/mol. The topological polar surface area (TPSA) is 84.6 Å². The van der Waals surface area contributed by atoms with Crippen molar-refractivity contribution in [2.45, 2.75) is 52.1 Å². The molecule has 2 heterocycles. The molecule has 8 heteroatoms. The molecule has 1 aliphatic heterocycles. The number of nitrogens with zero attached hydrogens (tertiary/aromatic N) is 5. The first kappa shape index (κ1) is 20.4. The van der Waals surface area contributed by atoms with Crippen LogP contribution in [-0.4, -0.2) is 47.2 Å². The van der Waals surface area contributed by atoms with Crippen LogP contribution in [0.5, 0.6) is 5.88 Å². The molecule has 2 fully saturated rings. The summed E-state index contributed by atoms with van der Waals surface area (Å²) in [4.78, 5) is 24.2. The van der Waals surface area contributed by atoms with E-state index in [2.05, 4.69) is 46.9 Å². The van der Waals surface area contributed by atoms with Gasteiger partial charge >= 0.3 is 5.69 Å². The van der Waals surface area contributed by atoms with Gasteiger partial charge in [0.2, 0.25) is 5.82 Å². The summed E-state index contributed by atoms with van der Waals surface area (Å²) in [6.45, 7) is 7.14. The Balaban J connectivity index is 1.52. The van der Waals surface area contributed by atoms with Gasteiger partial charge in [0.15, 0.2) is 0 Å². The van der Waals surface area contributed by atoms with Crippen molar-refractivity contribution in [2.24, 2.45) is 0 Å². The molecule has 2 aromatic rings. The maximum absolute atomic E-state index is 11.9. The van der Waals surface area contributed by atoms with Gasteiger partial charge in [-0.1, -0.05) is 18.6 Å². The number of aryl methyl sites for hydroxylation is 1. The molecule has 0 radical (unpaired) electrons. The van der Waals surface area contributed by atoms with Gasteiger partial charge < -0.3 is 14.5 Å². The highest BCUT2D eigenvalue weighted by atomic mass is 16.6. The number of anilines is 2. The van der Waals surface area contributed by atoms with Crippen molar-refractivity contribution in [1.29, 1.82) is 0 Å². The Kier molecular flexibility index (Phi) is 6.01. The molecule has 1 aliphatic carbocycles. The molecule has 8 nitrogen and oxygen atoms in total. The summed E-state index contributed by atoms with van der Waals surface area (Å²) in [5.41, 5.74) is 3.67. The van der Waals surface area contributed by atoms with Crippen molar-refractivity contribution in [3.05, 3.63) is 45.8 Å². The molecular formula is C22H29N5O3. The fourth-order valence-electron chi connectivity index (χ4n) is 4.41. The summed E-state index contributed by atoms with van der Waals surface area (Å²) < 4.78 is 5.97. The third kappa shape index (κ3) is 4.17. The van der Waals surface area contributed by atoms with Crippen LogP contribution in [0.25, 0.3) is 0 Å². The fourth-order valence-corrected chi connectivity index (χ4v) is 4.41. The Bertz CT molecular complexity index is 906. The molecule has 1 saturated heterocycles. The van der Waals surface area contributed by atoms with Crippen LogP contribution in [-0.2, 0) is 0 Å². The molecule has 30 heavy (non-hydrogen) atoms. The Morgan fingerprint density at radius 1 is 1.03 bits per heavy atom. The maximum atomic E-state index is 11.9. The lowest BCUT2D eigenvalue weighted by molar-refractivity contribution is -0.385. The maximum Gasteiger partial charge on any atom is 0.372 e. The van der Waals surface area contributed by atoms with E-state index < -0.39 is 4.92 Å². The van der Waals surface area contributed by atoms with E-state index in [1.54, 1.807) is 0 Å². The predicted molar refractivity (Wildman–Crippen MR) is 117 cm³/mol. The molecule has 0 amide bonds. The first-order valence-electron chi connectivity index (χ1n) is 10.8. The molecule has 2 aliphatic rings. The van der Waals surface area contributed by atoms with Crippen molar-refractivity contribution < 1.29 is 9.66 Å². The second kappa shape index (κ2) is 8.85. The zero-order chi connectivity index (χ0) is 21.1. The summed E-state index contributed by atoms with van der Waals surface area (Å²) in [5, 5.41) is 11.9. The summed E-state index contributed by atoms with van der Waals surface area (Å²) in [7, 11) is 0. The fraction of sp³-hybridized carbons (Fsp3) is 0.545. The number of nitro groups is 1. The quantitative estimate of drug-likeness (QED) is 0.542. The third-order valence-corrected chi connectivity index (χ3v) is 6.28. The van der Waals surface area contributed by atoms with E-state index in [0.29, 0.717) is 18.9 Å². The molecule has 1 saturated carbocycles. The van der Waals surface area contributed by atoms with Crippen molar-refractivity contribution in [1.82, 2.24) is 9.97 Å². The number of benzene rings is 1. The molecule has 0 N–H and O–H groups in total. The minimum Gasteiger partial charge on any atom is -0.469 e. The van der Waals surface area contributed by atoms with E-state index >= 15 is 0 Å². The second-order valence-corrected chi connectivity index (χ2v) is 8.18. The molecule has 0 bridgehead atoms. The van der Waals surface area contributed by atoms with Crippen LogP contribution < -0.4 is 14.5 Å². The standard InChI is InChI=1S/C22H29N5O3/c1-16-7-6-10-19(17(16)2)25-11-13-26(14-12-25)21-20(27(28)29)22(24-15-23-21)30-18-8-4-3-5-9-18/h6-7,10,15,18H,3-5,8-9,11-14H2,1-2H3. The van der Waals surface area contributed by atoms with E-state index in [-0.39, 0.29) is 17.7 Å². The van der Waals surface area contributed by atoms with Crippen molar-refractivity contribution >= 4 is 17.2 Å². The van der Waals surface area contributed by atoms with Crippen molar-refractivity contribution in [3.8, 4) is 5.88 Å². The van der Waals surface area contributed by atoms with Crippen molar-refractivity contribution in [2.75, 3.05) is 36.0 Å². The molecule has 4 rings (SSSR count). The highest BCUT2D eigenvalue weighted by molar-refractivity contribution is 5.64. The van der Waals surface area contributed by atoms with Gasteiger partial charge in [-0.3, -0.25) is 10.1 Å². The molecule has 0 atom stereocenters. The smallest absolute Gasteiger partial charge is 0.372 e. The summed E-state index contributed by atoms with van der Waals surface area (Å²) in [6, 6.07) is 6.34. The minimum atomic E-state index is -0.398. The van der Waals surface area contributed by atoms with E-state index in [4.69, 9.17) is 4.74 Å². The Morgan fingerprint density at radius 2 is 1.73 bits per heavy atom. The normalized spacial score (nSPS) is 17.8. The molecule has 1 aromatic heterocycles. The number of aromatic nitrogens is 2. The van der Waals surface area contributed by atoms with E-state index in [9.17, 15) is 10.1 Å². The predicted octanol–water partition coefficient (Wildman–Crippen LogP) is 4.04. The lowest BCUT2D eigenvalue weighted by Gasteiger charge is -2.37. The highest BCUT2D eigenvalue weighted by Crippen LogP contribution is 2.36. The van der Waals surface area contributed by atoms with Gasteiger partial charge in [-0.25, -0.2) is 4.98 Å². The Morgan fingerprint density at radius 3 is 2.43 bits per heavy atom. The molecule has 1 aromatic carbocycles. The lowest BCUT2D eigenvalue weighted by Crippen LogP contribution is -2.47. The van der Waals surface area contributed by atoms with E-state index in [1.807, 2.05) is 4.90 Å². The van der Waals surface area contributed by atoms with Gasteiger partial charge in [0, 0.05) is 31.9 Å². The second-order valence-electron chi connectivity index (χ2n) is 8.18. The van der Waals surface area contributed by atoms with Crippen LogP contribution >= 0.6 is 0 Å². The lowest BCUT2D eigenvalue weighted by atomic mass is 9.98. The highest BCUT2D eigenvalue weighted by Gasteiger charge is 2.32. The van der Waals surface area contributed by atoms with Crippen LogP contribution in [0.2, 0.25) is 0 Å². The van der Waals surface area contributed by atoms with E-state index in [1.165, 1.54) is 29.6 Å². The van der Waals surface area contributed by atoms with Gasteiger partial charge in [0.05, 0.1) is 4.92 Å². The number of ether oxygens (including phenoxy) is 1. The van der Waals surface area contributed by atoms with Crippen molar-refractivity contribution in [3.63, 3.8) is 0 Å². The van der Waals surface area contributed by atoms with Crippen LogP contribution in [0.15, 0.2) is 24.5 Å². The van der Waals surface area contributed by atoms with Gasteiger partial charge in [0.25, 0.3) is 5.88 Å². The Hall–Kier alpha value is -2.90. The first-order valence-corrected chi connectivity index (χ1v) is 10.8. The van der Waals surface area contributed by atoms with Crippen LogP contribution in [0, 0.1) is 24.0 Å². The number of hydrogen-bond donors (Lipinski definition) is 0. The number of piperazine rings is 1. The largest absolute Gasteiger partial charge is 0.469 e. The van der Waals surface area contributed by atoms with E-state index in [0.717, 1.165) is 38.8 Å². The average Bonchev–Trinajstić information content (AvgIpc) is 2.76. The molecule has 0 spiro atoms. The number of rotatable bonds is 5. The van der Waals surface area contributed by atoms with Gasteiger partial charge in [-0.15, -0.1) is 0 Å². The molecular weight excluding hydrogens is 382 g/mol. The summed E-state index contributed by atoms with van der Waals surface area (Å²) in [6.07, 6.45) is 6.62. The monoisotopic (exact) mass is 411 g/mol. The first-order chi connectivity index (χ1) is 14.5. The number of hydrogen-bond acceptors (Lipinski definition) is 7. The van der Waals surface area contributed by atoms with Crippen LogP contribution in [0.1, 0.15) is 43.2 Å². The van der Waals surface area contributed by atoms with Gasteiger partial charge in [0.1, 0.15) is 12.4 Å². The zero-order valence-electron chi connectivity index (χ0n) is 17.7. The Labute approximate surface area is 177 Å². The SMILES string of the molecule is Cc1cccc(N2CCN(c3ncnc(OC4CCCCC4)c3[N+](=O)[O-])CC2)c1C. The zero-order valence-corrected chi connectivity index (χ0v) is 17.7. The minimum absolute atomic E-state index is 0.00124. The molecule has 160 valence electrons. The third-order valence-electron chi connectivity index (χ3n) is 6.28. The summed E-state index contributed by atoms with van der Waals surface area (Å²) >= 11 is 0.